The van der Waals surface area contributed by atoms with Gasteiger partial charge in [0.25, 0.3) is 0 Å². The van der Waals surface area contributed by atoms with E-state index < -0.39 is 10.0 Å². The van der Waals surface area contributed by atoms with Crippen molar-refractivity contribution in [3.63, 3.8) is 0 Å². The first-order valence-electron chi connectivity index (χ1n) is 12.5. The number of sulfonamides is 1. The molecule has 9 nitrogen and oxygen atoms in total. The fourth-order valence-corrected chi connectivity index (χ4v) is 6.63. The predicted octanol–water partition coefficient (Wildman–Crippen LogP) is 2.88. The molecule has 1 saturated heterocycles. The molecule has 36 heavy (non-hydrogen) atoms. The van der Waals surface area contributed by atoms with E-state index in [0.717, 1.165) is 31.7 Å². The van der Waals surface area contributed by atoms with Crippen LogP contribution in [0.1, 0.15) is 33.1 Å². The molecule has 0 bridgehead atoms. The van der Waals surface area contributed by atoms with Gasteiger partial charge in [-0.15, -0.1) is 0 Å². The van der Waals surface area contributed by atoms with Gasteiger partial charge in [-0.25, -0.2) is 8.42 Å². The first-order valence-corrected chi connectivity index (χ1v) is 14.0. The quantitative estimate of drug-likeness (QED) is 0.414. The van der Waals surface area contributed by atoms with Gasteiger partial charge in [0.05, 0.1) is 24.4 Å². The fraction of sp³-hybridized carbons (Fsp3) is 0.615. The number of ether oxygens (including phenoxy) is 2. The highest BCUT2D eigenvalue weighted by Gasteiger charge is 2.32. The van der Waals surface area contributed by atoms with Crippen molar-refractivity contribution in [2.24, 2.45) is 11.8 Å². The Labute approximate surface area is 215 Å². The number of nitrogens with zero attached hydrogens (tertiary/aromatic N) is 4. The van der Waals surface area contributed by atoms with Gasteiger partial charge in [0.15, 0.2) is 0 Å². The van der Waals surface area contributed by atoms with E-state index >= 15 is 0 Å². The van der Waals surface area contributed by atoms with Crippen molar-refractivity contribution >= 4 is 21.6 Å². The predicted molar refractivity (Wildman–Crippen MR) is 141 cm³/mol. The highest BCUT2D eigenvalue weighted by Crippen LogP contribution is 2.34. The second kappa shape index (κ2) is 12.7. The number of hydrogen-bond acceptors (Lipinski definition) is 7. The molecule has 10 heteroatoms. The fourth-order valence-electron chi connectivity index (χ4n) is 4.92. The number of rotatable bonds is 11. The van der Waals surface area contributed by atoms with Gasteiger partial charge in [-0.05, 0) is 49.5 Å². The van der Waals surface area contributed by atoms with Crippen molar-refractivity contribution in [3.8, 4) is 0 Å². The molecular formula is C26H40N4O5S. The van der Waals surface area contributed by atoms with E-state index in [-0.39, 0.29) is 31.6 Å². The second-order valence-corrected chi connectivity index (χ2v) is 11.8. The summed E-state index contributed by atoms with van der Waals surface area (Å²) in [5.41, 5.74) is 1.88. The number of carbonyl (C=O) groups excluding carboxylic acids is 1. The molecular weight excluding hydrogens is 480 g/mol. The number of hydrogen-bond donors (Lipinski definition) is 0. The SMILES string of the molecule is COC1=CC(C)=C(S(=O)(=O)N(C)CCOCC(=O)N(C)CC2CCN(c3ccncc3)CC2)C(C)C1. The van der Waals surface area contributed by atoms with Crippen LogP contribution in [0.4, 0.5) is 5.69 Å². The molecule has 2 heterocycles. The van der Waals surface area contributed by atoms with Crippen molar-refractivity contribution in [2.75, 3.05) is 65.5 Å². The summed E-state index contributed by atoms with van der Waals surface area (Å²) in [6.45, 7) is 6.59. The van der Waals surface area contributed by atoms with Crippen LogP contribution in [0.5, 0.6) is 0 Å². The molecule has 1 aromatic heterocycles. The van der Waals surface area contributed by atoms with Crippen molar-refractivity contribution < 1.29 is 22.7 Å². The zero-order valence-electron chi connectivity index (χ0n) is 22.1. The topological polar surface area (TPSA) is 92.3 Å². The van der Waals surface area contributed by atoms with E-state index in [0.29, 0.717) is 29.4 Å². The molecule has 0 N–H and O–H groups in total. The normalized spacial score (nSPS) is 19.4. The van der Waals surface area contributed by atoms with E-state index in [1.165, 1.54) is 9.99 Å². The van der Waals surface area contributed by atoms with Crippen LogP contribution in [0.25, 0.3) is 0 Å². The summed E-state index contributed by atoms with van der Waals surface area (Å²) in [6, 6.07) is 4.05. The Bertz CT molecular complexity index is 1050. The molecule has 1 aromatic rings. The number of carbonyl (C=O) groups is 1. The molecule has 1 fully saturated rings. The number of likely N-dealkylation sites (N-methyl/N-ethyl adjacent to an activating group) is 2. The highest BCUT2D eigenvalue weighted by atomic mass is 32.2. The maximum Gasteiger partial charge on any atom is 0.248 e. The third-order valence-corrected chi connectivity index (χ3v) is 9.33. The van der Waals surface area contributed by atoms with E-state index in [1.807, 2.05) is 31.5 Å². The zero-order valence-corrected chi connectivity index (χ0v) is 23.0. The maximum atomic E-state index is 13.1. The van der Waals surface area contributed by atoms with Crippen LogP contribution in [0.2, 0.25) is 0 Å². The minimum Gasteiger partial charge on any atom is -0.501 e. The van der Waals surface area contributed by atoms with Gasteiger partial charge in [-0.1, -0.05) is 6.92 Å². The second-order valence-electron chi connectivity index (χ2n) is 9.76. The van der Waals surface area contributed by atoms with Gasteiger partial charge >= 0.3 is 0 Å². The van der Waals surface area contributed by atoms with Gasteiger partial charge in [0, 0.05) is 70.7 Å². The molecule has 1 aliphatic heterocycles. The third-order valence-electron chi connectivity index (χ3n) is 7.05. The molecule has 0 spiro atoms. The number of amides is 1. The summed E-state index contributed by atoms with van der Waals surface area (Å²) in [5, 5.41) is 0. The smallest absolute Gasteiger partial charge is 0.248 e. The number of methoxy groups -OCH3 is 1. The van der Waals surface area contributed by atoms with Crippen LogP contribution in [0, 0.1) is 11.8 Å². The van der Waals surface area contributed by atoms with Gasteiger partial charge in [-0.2, -0.15) is 4.31 Å². The first-order chi connectivity index (χ1) is 17.1. The molecule has 3 rings (SSSR count). The lowest BCUT2D eigenvalue weighted by Crippen LogP contribution is -2.40. The molecule has 0 radical (unpaired) electrons. The molecule has 1 unspecified atom stereocenters. The van der Waals surface area contributed by atoms with Crippen LogP contribution < -0.4 is 4.90 Å². The van der Waals surface area contributed by atoms with Crippen molar-refractivity contribution in [3.05, 3.63) is 46.8 Å². The number of pyridine rings is 1. The third kappa shape index (κ3) is 7.08. The largest absolute Gasteiger partial charge is 0.501 e. The number of allylic oxidation sites excluding steroid dienone is 4. The highest BCUT2D eigenvalue weighted by molar-refractivity contribution is 7.93. The van der Waals surface area contributed by atoms with Crippen molar-refractivity contribution in [1.82, 2.24) is 14.2 Å². The minimum absolute atomic E-state index is 0.0572. The van der Waals surface area contributed by atoms with E-state index in [9.17, 15) is 13.2 Å². The molecule has 0 aromatic carbocycles. The Kier molecular flexibility index (Phi) is 9.92. The summed E-state index contributed by atoms with van der Waals surface area (Å²) in [4.78, 5) is 21.1. The number of aromatic nitrogens is 1. The molecule has 2 aliphatic rings. The molecule has 1 amide bonds. The lowest BCUT2D eigenvalue weighted by Gasteiger charge is -2.35. The van der Waals surface area contributed by atoms with Crippen molar-refractivity contribution in [1.29, 1.82) is 0 Å². The summed E-state index contributed by atoms with van der Waals surface area (Å²) >= 11 is 0. The maximum absolute atomic E-state index is 13.1. The Morgan fingerprint density at radius 3 is 2.47 bits per heavy atom. The minimum atomic E-state index is -3.62. The monoisotopic (exact) mass is 520 g/mol. The van der Waals surface area contributed by atoms with Crippen LogP contribution in [-0.2, 0) is 24.3 Å². The summed E-state index contributed by atoms with van der Waals surface area (Å²) < 4.78 is 38.4. The summed E-state index contributed by atoms with van der Waals surface area (Å²) in [7, 11) is 1.33. The number of anilines is 1. The van der Waals surface area contributed by atoms with E-state index in [4.69, 9.17) is 9.47 Å². The Balaban J connectivity index is 1.40. The Hall–Kier alpha value is -2.43. The molecule has 0 saturated carbocycles. The number of piperidine rings is 1. The average Bonchev–Trinajstić information content (AvgIpc) is 2.86. The van der Waals surface area contributed by atoms with Gasteiger partial charge < -0.3 is 19.3 Å². The van der Waals surface area contributed by atoms with E-state index in [1.54, 1.807) is 39.1 Å². The zero-order chi connectivity index (χ0) is 26.3. The van der Waals surface area contributed by atoms with Crippen molar-refractivity contribution in [2.45, 2.75) is 33.1 Å². The lowest BCUT2D eigenvalue weighted by molar-refractivity contribution is -0.135. The Morgan fingerprint density at radius 2 is 1.86 bits per heavy atom. The van der Waals surface area contributed by atoms with Gasteiger partial charge in [0.1, 0.15) is 6.61 Å². The lowest BCUT2D eigenvalue weighted by atomic mass is 9.96. The van der Waals surface area contributed by atoms with Crippen LogP contribution in [0.15, 0.2) is 46.8 Å². The Morgan fingerprint density at radius 1 is 1.19 bits per heavy atom. The molecule has 200 valence electrons. The van der Waals surface area contributed by atoms with Crippen LogP contribution in [0.3, 0.4) is 0 Å². The van der Waals surface area contributed by atoms with Crippen LogP contribution >= 0.6 is 0 Å². The average molecular weight is 521 g/mol. The van der Waals surface area contributed by atoms with Gasteiger partial charge in [0.2, 0.25) is 15.9 Å². The van der Waals surface area contributed by atoms with Crippen LogP contribution in [-0.4, -0.2) is 89.1 Å². The summed E-state index contributed by atoms with van der Waals surface area (Å²) in [6.07, 6.45) is 8.01. The van der Waals surface area contributed by atoms with E-state index in [2.05, 4.69) is 9.88 Å². The summed E-state index contributed by atoms with van der Waals surface area (Å²) in [5.74, 6) is 0.987. The van der Waals surface area contributed by atoms with Gasteiger partial charge in [-0.3, -0.25) is 9.78 Å². The first kappa shape index (κ1) is 28.1. The standard InChI is InChI=1S/C26H40N4O5S/c1-20-16-24(34-5)17-21(2)26(20)36(32,33)29(4)14-15-35-19-25(31)28(3)18-22-8-12-30(13-9-22)23-6-10-27-11-7-23/h6-7,10-11,16,21-22H,8-9,12-15,17-19H2,1-5H3. The molecule has 1 atom stereocenters. The molecule has 1 aliphatic carbocycles.